The zero-order valence-corrected chi connectivity index (χ0v) is 89.5. The van der Waals surface area contributed by atoms with Gasteiger partial charge in [-0.15, -0.1) is 11.3 Å². The van der Waals surface area contributed by atoms with Gasteiger partial charge < -0.3 is 139 Å². The molecule has 0 spiro atoms. The predicted octanol–water partition coefficient (Wildman–Crippen LogP) is 4.67. The maximum atomic E-state index is 15.4. The quantitative estimate of drug-likeness (QED) is 0.0274. The van der Waals surface area contributed by atoms with Gasteiger partial charge in [-0.25, -0.2) is 14.6 Å². The number of urea groups is 1. The molecule has 45 nitrogen and oxygen atoms in total. The molecular formula is C103H162N14O31S. The number of nitrogens with one attached hydrogen (secondary N) is 7. The Bertz CT molecular complexity index is 4550. The number of ether oxygens (including phenoxy) is 16. The van der Waals surface area contributed by atoms with Crippen LogP contribution in [0.4, 0.5) is 15.3 Å². The first-order valence-corrected chi connectivity index (χ1v) is 52.6. The third-order valence-corrected chi connectivity index (χ3v) is 27.0. The first-order valence-electron chi connectivity index (χ1n) is 51.7. The standard InChI is InChI=1S/C103H162N14O31S/c1-13-71(6)92(83(134-11)66-88(122)115-35-18-22-82(115)94(135-12)72(7)95(125)110-81(99-105-34-62-149-99)63-73-19-15-14-16-20-73)114(9)101(130)91(70(4)5)112-98(128)93-74-24-26-78(65-74)117(93)103(132)148-68-75-23-25-77(107-96(126)79(21-17-33-106-102(104)131)109-97(127)90(69(2)3)111-85(119)32-37-136-39-36-116-86(120)28-29-87(116)121)64-76(75)67-113(8)100(129)80(27-30-89(123)124)108-84(118)31-38-137-42-43-139-46-47-141-50-51-143-54-55-145-58-59-147-61-60-146-57-56-144-53-52-142-49-48-140-45-44-138-41-40-133-10/h14-16,19-20,23,25,28-29,34,62,64,69-72,74,78-83,90-94H,13,17-18,21-22,24,26-27,30-33,35-61,63,65-68H2,1-12H3,(H,107,126)(H,108,118)(H,109,127)(H,110,125)(H,111,119)(H,112,128)(H,123,124)(H3,104,106,131)/t71-,72+,74-,78+,79-,80-,81-,82-,83+,90-,91-,92-,93-,94+/m0/s1. The van der Waals surface area contributed by atoms with E-state index in [2.05, 4.69) is 42.2 Å². The molecule has 0 unspecified atom stereocenters. The van der Waals surface area contributed by atoms with Crippen molar-refractivity contribution in [2.75, 3.05) is 226 Å². The summed E-state index contributed by atoms with van der Waals surface area (Å²) in [5.74, 6) is -9.64. The van der Waals surface area contributed by atoms with Crippen LogP contribution in [0, 0.1) is 29.6 Å². The van der Waals surface area contributed by atoms with Crippen LogP contribution >= 0.6 is 11.3 Å². The first kappa shape index (κ1) is 125. The number of piperidine rings is 1. The number of carboxylic acids is 1. The van der Waals surface area contributed by atoms with E-state index in [1.807, 2.05) is 49.6 Å². The summed E-state index contributed by atoms with van der Waals surface area (Å²) < 4.78 is 89.9. The van der Waals surface area contributed by atoms with Gasteiger partial charge in [-0.1, -0.05) is 91.3 Å². The van der Waals surface area contributed by atoms with Gasteiger partial charge in [0.1, 0.15) is 41.8 Å². The Balaban J connectivity index is 0.960. The number of carbonyl (C=O) groups is 14. The van der Waals surface area contributed by atoms with Crippen LogP contribution < -0.4 is 43.0 Å². The SMILES string of the molecule is CC[C@H](C)[C@@H]([C@@H](CC(=O)N1CCC[C@H]1[C@H](OC)[C@@H](C)C(=O)N[C@@H](Cc1ccccc1)c1nccs1)OC)N(C)C(=O)[C@@H](NC(=O)[C@@H]1[C@H]2CC[C@H](C2)N1C(=O)OCc1ccc(NC(=O)[C@H](CCCNC(N)=O)NC(=O)[C@@H](NC(=O)CCOCCN2C(=O)C=CC2=O)C(C)C)cc1CN(C)C(=O)[C@H](CCC(=O)O)NC(=O)CCOCCOCCOCCOCCOCCOCCOCCOCCOCCOCCOCCOC)C(C)C. The fourth-order valence-electron chi connectivity index (χ4n) is 18.0. The molecule has 836 valence electrons. The summed E-state index contributed by atoms with van der Waals surface area (Å²) in [5, 5.41) is 32.2. The Kier molecular flexibility index (Phi) is 59.5. The highest BCUT2D eigenvalue weighted by atomic mass is 32.1. The maximum absolute atomic E-state index is 15.4. The number of fused-ring (bicyclic) bond motifs is 2. The minimum Gasteiger partial charge on any atom is -0.481 e. The summed E-state index contributed by atoms with van der Waals surface area (Å²) in [6, 6.07) is 5.20. The van der Waals surface area contributed by atoms with Crippen molar-refractivity contribution >= 4 is 100 Å². The lowest BCUT2D eigenvalue weighted by Gasteiger charge is -2.41. The second kappa shape index (κ2) is 70.7. The number of nitrogens with two attached hydrogens (primary N) is 1. The highest BCUT2D eigenvalue weighted by Gasteiger charge is 2.53. The molecule has 7 rings (SSSR count). The van der Waals surface area contributed by atoms with Crippen molar-refractivity contribution in [1.82, 2.24) is 61.4 Å². The number of aliphatic carboxylic acids is 1. The molecule has 1 aliphatic carbocycles. The first-order chi connectivity index (χ1) is 71.8. The van der Waals surface area contributed by atoms with Crippen LogP contribution in [0.1, 0.15) is 160 Å². The molecule has 4 aliphatic rings. The lowest BCUT2D eigenvalue weighted by Crippen LogP contribution is -2.60. The van der Waals surface area contributed by atoms with Crippen molar-refractivity contribution < 1.29 is 148 Å². The average molecular weight is 2120 g/mol. The third kappa shape index (κ3) is 44.8. The van der Waals surface area contributed by atoms with E-state index in [1.54, 1.807) is 64.8 Å². The number of aromatic nitrogens is 1. The lowest BCUT2D eigenvalue weighted by molar-refractivity contribution is -0.148. The number of nitrogens with zero attached hydrogens (tertiary/aromatic N) is 6. The Hall–Kier alpha value is -10.4. The van der Waals surface area contributed by atoms with Crippen molar-refractivity contribution in [3.8, 4) is 0 Å². The van der Waals surface area contributed by atoms with Gasteiger partial charge in [0, 0.05) is 110 Å². The number of rotatable bonds is 80. The molecule has 10 N–H and O–H groups in total. The maximum Gasteiger partial charge on any atom is 0.411 e. The fourth-order valence-corrected chi connectivity index (χ4v) is 18.7. The number of likely N-dealkylation sites (tertiary alicyclic amines) is 2. The molecule has 0 radical (unpaired) electrons. The zero-order chi connectivity index (χ0) is 108. The number of imide groups is 1. The number of benzene rings is 2. The molecule has 2 saturated heterocycles. The monoisotopic (exact) mass is 2120 g/mol. The molecule has 1 aromatic heterocycles. The molecule has 2 aromatic carbocycles. The molecule has 3 aromatic rings. The van der Waals surface area contributed by atoms with Gasteiger partial charge in [-0.2, -0.15) is 0 Å². The average Bonchev–Trinajstić information content (AvgIpc) is 1.61. The van der Waals surface area contributed by atoms with Gasteiger partial charge in [0.25, 0.3) is 11.8 Å². The minimum atomic E-state index is -1.40. The normalized spacial score (nSPS) is 17.4. The Morgan fingerprint density at radius 2 is 1.13 bits per heavy atom. The van der Waals surface area contributed by atoms with E-state index >= 15 is 14.4 Å². The van der Waals surface area contributed by atoms with Crippen molar-refractivity contribution in [2.45, 2.75) is 218 Å². The number of hydrogen-bond acceptors (Lipinski definition) is 32. The number of carboxylic acid groups (broad SMARTS) is 1. The molecule has 14 atom stereocenters. The van der Waals surface area contributed by atoms with Gasteiger partial charge in [0.05, 0.1) is 214 Å². The molecule has 14 amide bonds. The van der Waals surface area contributed by atoms with Crippen LogP contribution in [0.25, 0.3) is 0 Å². The van der Waals surface area contributed by atoms with E-state index in [1.165, 1.54) is 60.6 Å². The summed E-state index contributed by atoms with van der Waals surface area (Å²) in [6.07, 6.45) is 3.95. The van der Waals surface area contributed by atoms with Gasteiger partial charge >= 0.3 is 18.1 Å². The largest absolute Gasteiger partial charge is 0.481 e. The van der Waals surface area contributed by atoms with Crippen molar-refractivity contribution in [2.24, 2.45) is 35.3 Å². The Morgan fingerprint density at radius 3 is 1.64 bits per heavy atom. The second-order valence-corrected chi connectivity index (χ2v) is 38.5. The highest BCUT2D eigenvalue weighted by Crippen LogP contribution is 2.44. The summed E-state index contributed by atoms with van der Waals surface area (Å²) in [5.41, 5.74) is 7.02. The fraction of sp³-hybridized carbons (Fsp3) is 0.699. The van der Waals surface area contributed by atoms with E-state index in [4.69, 9.17) is 81.5 Å². The molecule has 2 bridgehead atoms. The number of likely N-dealkylation sites (N-methyl/N-ethyl adjacent to an activating group) is 2. The number of methoxy groups -OCH3 is 3. The third-order valence-electron chi connectivity index (χ3n) is 26.1. The highest BCUT2D eigenvalue weighted by molar-refractivity contribution is 7.09. The summed E-state index contributed by atoms with van der Waals surface area (Å²) in [4.78, 5) is 205. The lowest BCUT2D eigenvalue weighted by atomic mass is 9.89. The van der Waals surface area contributed by atoms with Crippen molar-refractivity contribution in [3.05, 3.63) is 94.0 Å². The van der Waals surface area contributed by atoms with E-state index in [-0.39, 0.29) is 145 Å². The predicted molar refractivity (Wildman–Crippen MR) is 546 cm³/mol. The second-order valence-electron chi connectivity index (χ2n) is 37.6. The van der Waals surface area contributed by atoms with Crippen LogP contribution in [0.15, 0.2) is 72.3 Å². The molecule has 149 heavy (non-hydrogen) atoms. The Labute approximate surface area is 878 Å². The van der Waals surface area contributed by atoms with E-state index < -0.39 is 169 Å². The van der Waals surface area contributed by atoms with Crippen molar-refractivity contribution in [1.29, 1.82) is 0 Å². The van der Waals surface area contributed by atoms with E-state index in [0.29, 0.717) is 170 Å². The number of hydrogen-bond donors (Lipinski definition) is 9. The van der Waals surface area contributed by atoms with Crippen LogP contribution in [-0.4, -0.2) is 398 Å². The zero-order valence-electron chi connectivity index (χ0n) is 88.6. The summed E-state index contributed by atoms with van der Waals surface area (Å²) in [7, 11) is 7.68. The Morgan fingerprint density at radius 1 is 0.577 bits per heavy atom. The number of primary amides is 1. The van der Waals surface area contributed by atoms with Crippen LogP contribution in [0.3, 0.4) is 0 Å². The van der Waals surface area contributed by atoms with Gasteiger partial charge in [0.15, 0.2) is 0 Å². The van der Waals surface area contributed by atoms with Gasteiger partial charge in [-0.3, -0.25) is 67.3 Å². The number of carbonyl (C=O) groups excluding carboxylic acids is 13. The molecule has 4 heterocycles. The summed E-state index contributed by atoms with van der Waals surface area (Å²) >= 11 is 1.45. The minimum absolute atomic E-state index is 0.0149. The van der Waals surface area contributed by atoms with Gasteiger partial charge in [-0.05, 0) is 110 Å². The van der Waals surface area contributed by atoms with Gasteiger partial charge in [0.2, 0.25) is 53.2 Å². The number of anilines is 1. The number of thiazole rings is 1. The number of amides is 14. The van der Waals surface area contributed by atoms with Crippen molar-refractivity contribution in [3.63, 3.8) is 0 Å². The molecular weight excluding hydrogens is 1960 g/mol. The van der Waals surface area contributed by atoms with E-state index in [0.717, 1.165) is 27.6 Å². The van der Waals surface area contributed by atoms with Crippen LogP contribution in [-0.2, 0) is 153 Å². The summed E-state index contributed by atoms with van der Waals surface area (Å²) in [6.45, 7) is 20.5. The molecule has 46 heteroatoms. The smallest absolute Gasteiger partial charge is 0.411 e. The van der Waals surface area contributed by atoms with Crippen LogP contribution in [0.2, 0.25) is 0 Å². The molecule has 3 fully saturated rings. The topological polar surface area (TPSA) is 546 Å². The van der Waals surface area contributed by atoms with Crippen LogP contribution in [0.5, 0.6) is 0 Å². The molecule has 3 aliphatic heterocycles. The van der Waals surface area contributed by atoms with E-state index in [9.17, 15) is 57.8 Å². The molecule has 1 saturated carbocycles.